The third-order valence-corrected chi connectivity index (χ3v) is 5.72. The second kappa shape index (κ2) is 9.67. The molecule has 9 nitrogen and oxygen atoms in total. The molecule has 1 aliphatic heterocycles. The topological polar surface area (TPSA) is 119 Å². The number of nitrogens with zero attached hydrogens (tertiary/aromatic N) is 2. The Morgan fingerprint density at radius 1 is 1.00 bits per heavy atom. The van der Waals surface area contributed by atoms with Crippen LogP contribution in [0.3, 0.4) is 0 Å². The largest absolute Gasteiger partial charge is 0.489 e. The van der Waals surface area contributed by atoms with Crippen LogP contribution in [0.2, 0.25) is 0 Å². The number of benzene rings is 3. The number of barbiturate groups is 1. The minimum absolute atomic E-state index is 0.0223. The fraction of sp³-hybridized carbons (Fsp3) is 0.0417. The van der Waals surface area contributed by atoms with Crippen LogP contribution in [0.5, 0.6) is 5.75 Å². The predicted molar refractivity (Wildman–Crippen MR) is 127 cm³/mol. The number of urea groups is 1. The van der Waals surface area contributed by atoms with E-state index >= 15 is 0 Å². The molecule has 3 aromatic rings. The highest BCUT2D eigenvalue weighted by Gasteiger charge is 2.37. The van der Waals surface area contributed by atoms with Crippen LogP contribution in [0.25, 0.3) is 6.08 Å². The highest BCUT2D eigenvalue weighted by molar-refractivity contribution is 9.10. The van der Waals surface area contributed by atoms with Crippen LogP contribution < -0.4 is 15.0 Å². The Labute approximate surface area is 201 Å². The zero-order chi connectivity index (χ0) is 24.2. The van der Waals surface area contributed by atoms with Gasteiger partial charge in [0.05, 0.1) is 10.6 Å². The Bertz CT molecular complexity index is 1340. The standard InChI is InChI=1S/C24H16BrN3O6/c25-21-7-2-1-4-16(21)14-34-19-10-8-15(9-11-19)12-20-22(29)26-24(31)27(23(20)30)17-5-3-6-18(13-17)28(32)33/h1-13H,14H2,(H,26,29,31)/b20-12+. The van der Waals surface area contributed by atoms with Crippen molar-refractivity contribution >= 4 is 51.2 Å². The van der Waals surface area contributed by atoms with Gasteiger partial charge in [0, 0.05) is 22.2 Å². The normalized spacial score (nSPS) is 14.8. The first kappa shape index (κ1) is 22.9. The predicted octanol–water partition coefficient (Wildman–Crippen LogP) is 4.60. The van der Waals surface area contributed by atoms with Crippen molar-refractivity contribution in [2.24, 2.45) is 0 Å². The molecule has 1 fully saturated rings. The summed E-state index contributed by atoms with van der Waals surface area (Å²) in [4.78, 5) is 48.7. The first-order chi connectivity index (χ1) is 16.3. The number of nitrogens with one attached hydrogen (secondary N) is 1. The number of amides is 4. The van der Waals surface area contributed by atoms with Crippen molar-refractivity contribution in [2.75, 3.05) is 4.90 Å². The second-order valence-corrected chi connectivity index (χ2v) is 8.04. The van der Waals surface area contributed by atoms with Crippen LogP contribution in [0, 0.1) is 10.1 Å². The molecule has 34 heavy (non-hydrogen) atoms. The fourth-order valence-electron chi connectivity index (χ4n) is 3.24. The number of anilines is 1. The van der Waals surface area contributed by atoms with E-state index in [0.717, 1.165) is 16.1 Å². The Morgan fingerprint density at radius 2 is 1.74 bits per heavy atom. The molecule has 10 heteroatoms. The van der Waals surface area contributed by atoms with E-state index < -0.39 is 22.8 Å². The van der Waals surface area contributed by atoms with Gasteiger partial charge in [0.25, 0.3) is 17.5 Å². The van der Waals surface area contributed by atoms with E-state index in [2.05, 4.69) is 21.2 Å². The molecular weight excluding hydrogens is 506 g/mol. The third kappa shape index (κ3) is 4.86. The summed E-state index contributed by atoms with van der Waals surface area (Å²) in [6, 6.07) is 18.4. The first-order valence-corrected chi connectivity index (χ1v) is 10.7. The number of hydrogen-bond donors (Lipinski definition) is 1. The number of carbonyl (C=O) groups excluding carboxylic acids is 3. The van der Waals surface area contributed by atoms with Crippen molar-refractivity contribution in [3.05, 3.63) is 104 Å². The Morgan fingerprint density at radius 3 is 2.44 bits per heavy atom. The van der Waals surface area contributed by atoms with Crippen molar-refractivity contribution in [3.8, 4) is 5.75 Å². The molecule has 0 bridgehead atoms. The number of rotatable bonds is 6. The van der Waals surface area contributed by atoms with E-state index in [1.54, 1.807) is 24.3 Å². The molecule has 0 aromatic heterocycles. The molecule has 1 saturated heterocycles. The summed E-state index contributed by atoms with van der Waals surface area (Å²) in [5.41, 5.74) is 0.904. The molecule has 0 spiro atoms. The smallest absolute Gasteiger partial charge is 0.335 e. The molecule has 4 rings (SSSR count). The average molecular weight is 522 g/mol. The maximum Gasteiger partial charge on any atom is 0.335 e. The summed E-state index contributed by atoms with van der Waals surface area (Å²) in [6.45, 7) is 0.350. The van der Waals surface area contributed by atoms with Crippen LogP contribution in [-0.2, 0) is 16.2 Å². The number of carbonyl (C=O) groups is 3. The molecule has 0 aliphatic carbocycles. The molecule has 1 aliphatic rings. The number of imide groups is 2. The fourth-order valence-corrected chi connectivity index (χ4v) is 3.64. The number of non-ortho nitro benzene ring substituents is 1. The van der Waals surface area contributed by atoms with Crippen LogP contribution in [0.1, 0.15) is 11.1 Å². The van der Waals surface area contributed by atoms with E-state index in [1.165, 1.54) is 24.3 Å². The summed E-state index contributed by atoms with van der Waals surface area (Å²) < 4.78 is 6.71. The van der Waals surface area contributed by atoms with Crippen molar-refractivity contribution in [1.82, 2.24) is 5.32 Å². The van der Waals surface area contributed by atoms with Crippen molar-refractivity contribution in [1.29, 1.82) is 0 Å². The van der Waals surface area contributed by atoms with Crippen LogP contribution in [-0.4, -0.2) is 22.8 Å². The molecule has 4 amide bonds. The summed E-state index contributed by atoms with van der Waals surface area (Å²) >= 11 is 3.47. The minimum atomic E-state index is -0.983. The lowest BCUT2D eigenvalue weighted by molar-refractivity contribution is -0.384. The Balaban J connectivity index is 1.54. The summed E-state index contributed by atoms with van der Waals surface area (Å²) in [5, 5.41) is 13.1. The van der Waals surface area contributed by atoms with E-state index in [0.29, 0.717) is 22.8 Å². The Kier molecular flexibility index (Phi) is 6.51. The zero-order valence-corrected chi connectivity index (χ0v) is 19.0. The molecule has 1 N–H and O–H groups in total. The van der Waals surface area contributed by atoms with Crippen molar-refractivity contribution in [2.45, 2.75) is 6.61 Å². The van der Waals surface area contributed by atoms with E-state index in [1.807, 2.05) is 24.3 Å². The zero-order valence-electron chi connectivity index (χ0n) is 17.4. The average Bonchev–Trinajstić information content (AvgIpc) is 2.82. The van der Waals surface area contributed by atoms with Crippen LogP contribution in [0.4, 0.5) is 16.2 Å². The molecule has 0 radical (unpaired) electrons. The summed E-state index contributed by atoms with van der Waals surface area (Å²) in [7, 11) is 0. The van der Waals surface area contributed by atoms with Gasteiger partial charge in [0.1, 0.15) is 17.9 Å². The lowest BCUT2D eigenvalue weighted by Crippen LogP contribution is -2.54. The van der Waals surface area contributed by atoms with Gasteiger partial charge in [-0.25, -0.2) is 9.69 Å². The SMILES string of the molecule is O=C1NC(=O)N(c2cccc([N+](=O)[O-])c2)C(=O)/C1=C/c1ccc(OCc2ccccc2Br)cc1. The number of nitro groups is 1. The quantitative estimate of drug-likeness (QED) is 0.219. The van der Waals surface area contributed by atoms with Crippen LogP contribution >= 0.6 is 15.9 Å². The van der Waals surface area contributed by atoms with Gasteiger partial charge in [-0.05, 0) is 35.9 Å². The summed E-state index contributed by atoms with van der Waals surface area (Å²) in [5.74, 6) is -1.15. The maximum absolute atomic E-state index is 13.0. The van der Waals surface area contributed by atoms with Gasteiger partial charge < -0.3 is 4.74 Å². The van der Waals surface area contributed by atoms with Gasteiger partial charge in [-0.1, -0.05) is 52.3 Å². The molecule has 1 heterocycles. The van der Waals surface area contributed by atoms with E-state index in [9.17, 15) is 24.5 Å². The van der Waals surface area contributed by atoms with Gasteiger partial charge in [0.2, 0.25) is 0 Å². The molecule has 0 atom stereocenters. The lowest BCUT2D eigenvalue weighted by Gasteiger charge is -2.26. The number of ether oxygens (including phenoxy) is 1. The number of halogens is 1. The monoisotopic (exact) mass is 521 g/mol. The Hall–Kier alpha value is -4.31. The van der Waals surface area contributed by atoms with Crippen LogP contribution in [0.15, 0.2) is 82.8 Å². The molecule has 170 valence electrons. The van der Waals surface area contributed by atoms with Crippen molar-refractivity contribution < 1.29 is 24.0 Å². The highest BCUT2D eigenvalue weighted by Crippen LogP contribution is 2.26. The third-order valence-electron chi connectivity index (χ3n) is 4.94. The number of hydrogen-bond acceptors (Lipinski definition) is 6. The minimum Gasteiger partial charge on any atom is -0.489 e. The van der Waals surface area contributed by atoms with Gasteiger partial charge in [-0.15, -0.1) is 0 Å². The van der Waals surface area contributed by atoms with Gasteiger partial charge in [0.15, 0.2) is 0 Å². The van der Waals surface area contributed by atoms with Crippen molar-refractivity contribution in [3.63, 3.8) is 0 Å². The molecule has 0 saturated carbocycles. The second-order valence-electron chi connectivity index (χ2n) is 7.18. The summed E-state index contributed by atoms with van der Waals surface area (Å²) in [6.07, 6.45) is 1.34. The maximum atomic E-state index is 13.0. The van der Waals surface area contributed by atoms with Gasteiger partial charge >= 0.3 is 6.03 Å². The highest BCUT2D eigenvalue weighted by atomic mass is 79.9. The molecular formula is C24H16BrN3O6. The number of nitro benzene ring substituents is 1. The lowest BCUT2D eigenvalue weighted by atomic mass is 10.1. The van der Waals surface area contributed by atoms with E-state index in [-0.39, 0.29) is 16.9 Å². The van der Waals surface area contributed by atoms with Gasteiger partial charge in [-0.3, -0.25) is 25.0 Å². The first-order valence-electron chi connectivity index (χ1n) is 9.95. The molecule has 0 unspecified atom stereocenters. The van der Waals surface area contributed by atoms with E-state index in [4.69, 9.17) is 4.74 Å². The van der Waals surface area contributed by atoms with Gasteiger partial charge in [-0.2, -0.15) is 0 Å². The molecule has 3 aromatic carbocycles.